The van der Waals surface area contributed by atoms with Gasteiger partial charge < -0.3 is 0 Å². The molecule has 1 aromatic carbocycles. The van der Waals surface area contributed by atoms with Gasteiger partial charge in [0, 0.05) is 11.5 Å². The van der Waals surface area contributed by atoms with Crippen molar-refractivity contribution in [3.05, 3.63) is 68.3 Å². The highest BCUT2D eigenvalue weighted by Gasteiger charge is 2.15. The van der Waals surface area contributed by atoms with E-state index >= 15 is 0 Å². The molecule has 0 aliphatic carbocycles. The van der Waals surface area contributed by atoms with Crippen LogP contribution in [-0.2, 0) is 0 Å². The molecule has 0 saturated heterocycles. The molecule has 3 aromatic rings. The minimum Gasteiger partial charge on any atom is -0.269 e. The summed E-state index contributed by atoms with van der Waals surface area (Å²) < 4.78 is 15.0. The van der Waals surface area contributed by atoms with E-state index in [9.17, 15) is 9.18 Å². The number of para-hydroxylation sites is 1. The van der Waals surface area contributed by atoms with Crippen LogP contribution in [-0.4, -0.2) is 9.55 Å². The Labute approximate surface area is 129 Å². The predicted molar refractivity (Wildman–Crippen MR) is 82.1 cm³/mol. The summed E-state index contributed by atoms with van der Waals surface area (Å²) in [4.78, 5) is 16.3. The number of halogens is 3. The first kappa shape index (κ1) is 14.0. The van der Waals surface area contributed by atoms with Gasteiger partial charge in [-0.1, -0.05) is 41.4 Å². The SMILES string of the molecule is Cc1ccccc1-n1c(=O)cc(Cl)c2cc(F)c(Cl)nc21. The third-order valence-corrected chi connectivity index (χ3v) is 3.79. The van der Waals surface area contributed by atoms with Gasteiger partial charge >= 0.3 is 0 Å². The fourth-order valence-corrected chi connectivity index (χ4v) is 2.57. The Kier molecular flexibility index (Phi) is 3.43. The van der Waals surface area contributed by atoms with Gasteiger partial charge in [-0.05, 0) is 24.6 Å². The highest BCUT2D eigenvalue weighted by Crippen LogP contribution is 2.26. The average Bonchev–Trinajstić information content (AvgIpc) is 2.43. The van der Waals surface area contributed by atoms with Gasteiger partial charge in [0.25, 0.3) is 5.56 Å². The first-order chi connectivity index (χ1) is 9.99. The number of aryl methyl sites for hydroxylation is 1. The maximum atomic E-state index is 13.6. The van der Waals surface area contributed by atoms with E-state index in [0.29, 0.717) is 11.1 Å². The number of aromatic nitrogens is 2. The van der Waals surface area contributed by atoms with Gasteiger partial charge in [-0.2, -0.15) is 0 Å². The Balaban J connectivity index is 2.51. The standard InChI is InChI=1S/C15H9Cl2FN2O/c1-8-4-2-3-5-12(8)20-13(21)7-10(16)9-6-11(18)14(17)19-15(9)20/h2-7H,1H3. The second-order valence-electron chi connectivity index (χ2n) is 4.58. The van der Waals surface area contributed by atoms with Crippen LogP contribution in [0.5, 0.6) is 0 Å². The van der Waals surface area contributed by atoms with E-state index in [1.165, 1.54) is 16.7 Å². The van der Waals surface area contributed by atoms with Gasteiger partial charge in [-0.15, -0.1) is 0 Å². The van der Waals surface area contributed by atoms with E-state index < -0.39 is 5.82 Å². The summed E-state index contributed by atoms with van der Waals surface area (Å²) in [6.07, 6.45) is 0. The fourth-order valence-electron chi connectivity index (χ4n) is 2.21. The molecular weight excluding hydrogens is 314 g/mol. The van der Waals surface area contributed by atoms with Crippen LogP contribution in [0.4, 0.5) is 4.39 Å². The van der Waals surface area contributed by atoms with Crippen LogP contribution in [0.3, 0.4) is 0 Å². The van der Waals surface area contributed by atoms with Crippen molar-refractivity contribution >= 4 is 34.2 Å². The maximum Gasteiger partial charge on any atom is 0.258 e. The van der Waals surface area contributed by atoms with Crippen molar-refractivity contribution in [2.75, 3.05) is 0 Å². The van der Waals surface area contributed by atoms with Gasteiger partial charge in [-0.25, -0.2) is 9.37 Å². The Bertz CT molecular complexity index is 921. The van der Waals surface area contributed by atoms with Crippen molar-refractivity contribution in [1.82, 2.24) is 9.55 Å². The summed E-state index contributed by atoms with van der Waals surface area (Å²) in [5.41, 5.74) is 1.41. The van der Waals surface area contributed by atoms with Gasteiger partial charge in [0.05, 0.1) is 10.7 Å². The third-order valence-electron chi connectivity index (χ3n) is 3.21. The van der Waals surface area contributed by atoms with Crippen LogP contribution >= 0.6 is 23.2 Å². The number of fused-ring (bicyclic) bond motifs is 1. The lowest BCUT2D eigenvalue weighted by Gasteiger charge is -2.13. The van der Waals surface area contributed by atoms with Crippen molar-refractivity contribution in [1.29, 1.82) is 0 Å². The molecule has 21 heavy (non-hydrogen) atoms. The second-order valence-corrected chi connectivity index (χ2v) is 5.35. The highest BCUT2D eigenvalue weighted by molar-refractivity contribution is 6.35. The molecule has 0 bridgehead atoms. The van der Waals surface area contributed by atoms with E-state index in [-0.39, 0.29) is 21.4 Å². The molecule has 3 rings (SSSR count). The van der Waals surface area contributed by atoms with E-state index in [4.69, 9.17) is 23.2 Å². The molecule has 106 valence electrons. The summed E-state index contributed by atoms with van der Waals surface area (Å²) in [6, 6.07) is 9.74. The first-order valence-electron chi connectivity index (χ1n) is 6.12. The minimum atomic E-state index is -0.680. The highest BCUT2D eigenvalue weighted by atomic mass is 35.5. The summed E-state index contributed by atoms with van der Waals surface area (Å²) in [6.45, 7) is 1.87. The molecule has 6 heteroatoms. The van der Waals surface area contributed by atoms with Crippen LogP contribution < -0.4 is 5.56 Å². The van der Waals surface area contributed by atoms with Crippen molar-refractivity contribution in [3.63, 3.8) is 0 Å². The monoisotopic (exact) mass is 322 g/mol. The zero-order chi connectivity index (χ0) is 15.1. The second kappa shape index (κ2) is 5.13. The number of pyridine rings is 2. The zero-order valence-corrected chi connectivity index (χ0v) is 12.4. The fraction of sp³-hybridized carbons (Fsp3) is 0.0667. The Morgan fingerprint density at radius 3 is 2.62 bits per heavy atom. The molecule has 0 aliphatic rings. The van der Waals surface area contributed by atoms with Gasteiger partial charge in [0.2, 0.25) is 0 Å². The zero-order valence-electron chi connectivity index (χ0n) is 10.9. The summed E-state index contributed by atoms with van der Waals surface area (Å²) in [5.74, 6) is -0.680. The van der Waals surface area contributed by atoms with Gasteiger partial charge in [0.1, 0.15) is 0 Å². The van der Waals surface area contributed by atoms with Crippen LogP contribution in [0.2, 0.25) is 10.2 Å². The molecule has 0 radical (unpaired) electrons. The molecule has 0 unspecified atom stereocenters. The van der Waals surface area contributed by atoms with Crippen molar-refractivity contribution in [2.45, 2.75) is 6.92 Å². The quantitative estimate of drug-likeness (QED) is 0.631. The molecule has 3 nitrogen and oxygen atoms in total. The topological polar surface area (TPSA) is 34.9 Å². The third kappa shape index (κ3) is 2.30. The van der Waals surface area contributed by atoms with E-state index in [0.717, 1.165) is 5.56 Å². The number of hydrogen-bond acceptors (Lipinski definition) is 2. The summed E-state index contributed by atoms with van der Waals surface area (Å²) in [5, 5.41) is 0.177. The summed E-state index contributed by atoms with van der Waals surface area (Å²) in [7, 11) is 0. The smallest absolute Gasteiger partial charge is 0.258 e. The number of hydrogen-bond donors (Lipinski definition) is 0. The molecule has 0 fully saturated rings. The molecule has 0 spiro atoms. The average molecular weight is 323 g/mol. The molecule has 2 heterocycles. The van der Waals surface area contributed by atoms with Crippen LogP contribution in [0.25, 0.3) is 16.7 Å². The van der Waals surface area contributed by atoms with Gasteiger partial charge in [-0.3, -0.25) is 9.36 Å². The molecular formula is C15H9Cl2FN2O. The first-order valence-corrected chi connectivity index (χ1v) is 6.88. The lowest BCUT2D eigenvalue weighted by Crippen LogP contribution is -2.19. The van der Waals surface area contributed by atoms with Crippen molar-refractivity contribution < 1.29 is 4.39 Å². The number of nitrogens with zero attached hydrogens (tertiary/aromatic N) is 2. The summed E-state index contributed by atoms with van der Waals surface area (Å²) >= 11 is 11.8. The molecule has 0 amide bonds. The van der Waals surface area contributed by atoms with E-state index in [2.05, 4.69) is 4.98 Å². The molecule has 2 aromatic heterocycles. The van der Waals surface area contributed by atoms with Crippen LogP contribution in [0, 0.1) is 12.7 Å². The lowest BCUT2D eigenvalue weighted by atomic mass is 10.2. The molecule has 0 aliphatic heterocycles. The predicted octanol–water partition coefficient (Wildman–Crippen LogP) is 4.14. The van der Waals surface area contributed by atoms with Gasteiger partial charge in [0.15, 0.2) is 16.6 Å². The van der Waals surface area contributed by atoms with Crippen molar-refractivity contribution in [3.8, 4) is 5.69 Å². The van der Waals surface area contributed by atoms with Crippen LogP contribution in [0.1, 0.15) is 5.56 Å². The minimum absolute atomic E-state index is 0.142. The normalized spacial score (nSPS) is 11.0. The van der Waals surface area contributed by atoms with Crippen LogP contribution in [0.15, 0.2) is 41.2 Å². The molecule has 0 atom stereocenters. The maximum absolute atomic E-state index is 13.6. The largest absolute Gasteiger partial charge is 0.269 e. The molecule has 0 N–H and O–H groups in total. The Morgan fingerprint density at radius 1 is 1.19 bits per heavy atom. The Hall–Kier alpha value is -1.91. The Morgan fingerprint density at radius 2 is 1.90 bits per heavy atom. The van der Waals surface area contributed by atoms with Crippen molar-refractivity contribution in [2.24, 2.45) is 0 Å². The number of rotatable bonds is 1. The number of benzene rings is 1. The molecule has 0 saturated carbocycles. The van der Waals surface area contributed by atoms with E-state index in [1.807, 2.05) is 19.1 Å². The van der Waals surface area contributed by atoms with E-state index in [1.54, 1.807) is 12.1 Å². The lowest BCUT2D eigenvalue weighted by molar-refractivity contribution is 0.624.